The van der Waals surface area contributed by atoms with Crippen LogP contribution in [0.5, 0.6) is 5.75 Å². The van der Waals surface area contributed by atoms with Gasteiger partial charge in [-0.05, 0) is 43.7 Å². The Labute approximate surface area is 183 Å². The molecule has 6 nitrogen and oxygen atoms in total. The number of benzene rings is 2. The number of hydrogen-bond donors (Lipinski definition) is 1. The topological polar surface area (TPSA) is 69.0 Å². The number of ether oxygens (including phenoxy) is 1. The maximum absolute atomic E-state index is 12.3. The fraction of sp³-hybridized carbons (Fsp3) is 0.250. The summed E-state index contributed by atoms with van der Waals surface area (Å²) in [6.45, 7) is 4.97. The number of anilines is 1. The quantitative estimate of drug-likeness (QED) is 0.476. The Hall–Kier alpha value is -2.22. The van der Waals surface area contributed by atoms with Crippen molar-refractivity contribution in [1.29, 1.82) is 0 Å². The molecule has 0 saturated heterocycles. The smallest absolute Gasteiger partial charge is 0.234 e. The lowest BCUT2D eigenvalue weighted by Gasteiger charge is -2.10. The SMILES string of the molecule is CCn1c(COc2ccccc2C)nnc1SCC(=O)Nc1ccc(Cl)cc1Cl. The summed E-state index contributed by atoms with van der Waals surface area (Å²) in [5.74, 6) is 1.50. The minimum atomic E-state index is -0.192. The molecule has 0 saturated carbocycles. The van der Waals surface area contributed by atoms with Crippen molar-refractivity contribution < 1.29 is 9.53 Å². The van der Waals surface area contributed by atoms with E-state index in [0.717, 1.165) is 11.3 Å². The highest BCUT2D eigenvalue weighted by Gasteiger charge is 2.15. The fourth-order valence-electron chi connectivity index (χ4n) is 2.62. The monoisotopic (exact) mass is 450 g/mol. The Morgan fingerprint density at radius 3 is 2.72 bits per heavy atom. The highest BCUT2D eigenvalue weighted by molar-refractivity contribution is 7.99. The number of para-hydroxylation sites is 1. The molecule has 0 bridgehead atoms. The van der Waals surface area contributed by atoms with Gasteiger partial charge in [-0.25, -0.2) is 0 Å². The molecule has 0 spiro atoms. The van der Waals surface area contributed by atoms with E-state index >= 15 is 0 Å². The van der Waals surface area contributed by atoms with Crippen molar-refractivity contribution in [3.05, 3.63) is 63.9 Å². The molecule has 0 atom stereocenters. The lowest BCUT2D eigenvalue weighted by molar-refractivity contribution is -0.113. The summed E-state index contributed by atoms with van der Waals surface area (Å²) in [5.41, 5.74) is 1.58. The Morgan fingerprint density at radius 1 is 1.21 bits per heavy atom. The molecule has 0 aliphatic rings. The van der Waals surface area contributed by atoms with E-state index in [9.17, 15) is 4.79 Å². The van der Waals surface area contributed by atoms with E-state index in [1.807, 2.05) is 42.7 Å². The van der Waals surface area contributed by atoms with Gasteiger partial charge in [-0.3, -0.25) is 4.79 Å². The van der Waals surface area contributed by atoms with E-state index in [1.165, 1.54) is 11.8 Å². The van der Waals surface area contributed by atoms with E-state index in [4.69, 9.17) is 27.9 Å². The van der Waals surface area contributed by atoms with Gasteiger partial charge in [-0.2, -0.15) is 0 Å². The second-order valence-corrected chi connectivity index (χ2v) is 7.94. The standard InChI is InChI=1S/C20H20Cl2N4O2S/c1-3-26-18(11-28-17-7-5-4-6-13(17)2)24-25-20(26)29-12-19(27)23-16-9-8-14(21)10-15(16)22/h4-10H,3,11-12H2,1-2H3,(H,23,27). The predicted molar refractivity (Wildman–Crippen MR) is 117 cm³/mol. The number of nitrogens with one attached hydrogen (secondary N) is 1. The maximum Gasteiger partial charge on any atom is 0.234 e. The summed E-state index contributed by atoms with van der Waals surface area (Å²) in [5, 5.41) is 12.8. The van der Waals surface area contributed by atoms with Crippen LogP contribution in [0.2, 0.25) is 10.0 Å². The highest BCUT2D eigenvalue weighted by atomic mass is 35.5. The molecular formula is C20H20Cl2N4O2S. The van der Waals surface area contributed by atoms with E-state index in [-0.39, 0.29) is 11.7 Å². The molecule has 0 fully saturated rings. The molecule has 1 heterocycles. The normalized spacial score (nSPS) is 10.8. The zero-order valence-corrected chi connectivity index (χ0v) is 18.3. The minimum Gasteiger partial charge on any atom is -0.485 e. The van der Waals surface area contributed by atoms with Crippen LogP contribution in [0.1, 0.15) is 18.3 Å². The Kier molecular flexibility index (Phi) is 7.41. The number of aromatic nitrogens is 3. The molecule has 2 aromatic carbocycles. The average Bonchev–Trinajstić information content (AvgIpc) is 3.10. The number of carbonyl (C=O) groups excluding carboxylic acids is 1. The van der Waals surface area contributed by atoms with Gasteiger partial charge in [0, 0.05) is 11.6 Å². The van der Waals surface area contributed by atoms with Crippen LogP contribution in [0, 0.1) is 6.92 Å². The number of aryl methyl sites for hydroxylation is 1. The van der Waals surface area contributed by atoms with Gasteiger partial charge < -0.3 is 14.6 Å². The van der Waals surface area contributed by atoms with Crippen LogP contribution in [0.3, 0.4) is 0 Å². The summed E-state index contributed by atoms with van der Waals surface area (Å²) in [7, 11) is 0. The third-order valence-corrected chi connectivity index (χ3v) is 5.61. The van der Waals surface area contributed by atoms with Gasteiger partial charge in [0.15, 0.2) is 11.0 Å². The number of nitrogens with zero attached hydrogens (tertiary/aromatic N) is 3. The molecule has 3 rings (SSSR count). The first-order valence-electron chi connectivity index (χ1n) is 8.96. The van der Waals surface area contributed by atoms with E-state index < -0.39 is 0 Å². The largest absolute Gasteiger partial charge is 0.485 e. The fourth-order valence-corrected chi connectivity index (χ4v) is 3.90. The Balaban J connectivity index is 1.59. The average molecular weight is 451 g/mol. The molecule has 152 valence electrons. The molecule has 0 unspecified atom stereocenters. The van der Waals surface area contributed by atoms with Crippen LogP contribution >= 0.6 is 35.0 Å². The minimum absolute atomic E-state index is 0.176. The van der Waals surface area contributed by atoms with Gasteiger partial charge in [0.1, 0.15) is 12.4 Å². The number of rotatable bonds is 8. The van der Waals surface area contributed by atoms with Gasteiger partial charge >= 0.3 is 0 Å². The second kappa shape index (κ2) is 10.0. The summed E-state index contributed by atoms with van der Waals surface area (Å²) in [6, 6.07) is 12.7. The Morgan fingerprint density at radius 2 is 2.00 bits per heavy atom. The molecule has 0 radical (unpaired) electrons. The van der Waals surface area contributed by atoms with Crippen molar-refractivity contribution in [2.24, 2.45) is 0 Å². The number of carbonyl (C=O) groups is 1. The van der Waals surface area contributed by atoms with Crippen molar-refractivity contribution in [1.82, 2.24) is 14.8 Å². The molecule has 1 aromatic heterocycles. The van der Waals surface area contributed by atoms with Gasteiger partial charge in [0.2, 0.25) is 5.91 Å². The number of hydrogen-bond acceptors (Lipinski definition) is 5. The summed E-state index contributed by atoms with van der Waals surface area (Å²) in [6.07, 6.45) is 0. The molecule has 9 heteroatoms. The van der Waals surface area contributed by atoms with Crippen molar-refractivity contribution >= 4 is 46.6 Å². The third-order valence-electron chi connectivity index (χ3n) is 4.10. The van der Waals surface area contributed by atoms with Gasteiger partial charge in [-0.1, -0.05) is 53.2 Å². The number of thioether (sulfide) groups is 1. The lowest BCUT2D eigenvalue weighted by atomic mass is 10.2. The zero-order valence-electron chi connectivity index (χ0n) is 16.0. The molecule has 0 aliphatic heterocycles. The van der Waals surface area contributed by atoms with Gasteiger partial charge in [0.05, 0.1) is 16.5 Å². The molecule has 0 aliphatic carbocycles. The van der Waals surface area contributed by atoms with Crippen LogP contribution in [0.25, 0.3) is 0 Å². The van der Waals surface area contributed by atoms with Crippen molar-refractivity contribution in [3.8, 4) is 5.75 Å². The molecule has 1 N–H and O–H groups in total. The predicted octanol–water partition coefficient (Wildman–Crippen LogP) is 5.22. The van der Waals surface area contributed by atoms with Crippen LogP contribution in [0.15, 0.2) is 47.6 Å². The molecule has 29 heavy (non-hydrogen) atoms. The zero-order chi connectivity index (χ0) is 20.8. The first-order chi connectivity index (χ1) is 14.0. The van der Waals surface area contributed by atoms with E-state index in [0.29, 0.717) is 39.9 Å². The van der Waals surface area contributed by atoms with Crippen LogP contribution in [0.4, 0.5) is 5.69 Å². The first kappa shape index (κ1) is 21.5. The Bertz CT molecular complexity index is 1010. The molecule has 1 amide bonds. The number of halogens is 2. The van der Waals surface area contributed by atoms with Crippen molar-refractivity contribution in [2.75, 3.05) is 11.1 Å². The highest BCUT2D eigenvalue weighted by Crippen LogP contribution is 2.26. The third kappa shape index (κ3) is 5.65. The van der Waals surface area contributed by atoms with Crippen molar-refractivity contribution in [2.45, 2.75) is 32.2 Å². The molecular weight excluding hydrogens is 431 g/mol. The first-order valence-corrected chi connectivity index (χ1v) is 10.7. The molecule has 3 aromatic rings. The summed E-state index contributed by atoms with van der Waals surface area (Å²) < 4.78 is 7.80. The van der Waals surface area contributed by atoms with E-state index in [1.54, 1.807) is 18.2 Å². The van der Waals surface area contributed by atoms with Gasteiger partial charge in [0.25, 0.3) is 0 Å². The lowest BCUT2D eigenvalue weighted by Crippen LogP contribution is -2.15. The van der Waals surface area contributed by atoms with E-state index in [2.05, 4.69) is 15.5 Å². The maximum atomic E-state index is 12.3. The van der Waals surface area contributed by atoms with Crippen molar-refractivity contribution in [3.63, 3.8) is 0 Å². The van der Waals surface area contributed by atoms with Gasteiger partial charge in [-0.15, -0.1) is 10.2 Å². The van der Waals surface area contributed by atoms with Crippen LogP contribution in [-0.2, 0) is 17.9 Å². The number of amides is 1. The van der Waals surface area contributed by atoms with Crippen LogP contribution < -0.4 is 10.1 Å². The summed E-state index contributed by atoms with van der Waals surface area (Å²) in [4.78, 5) is 12.3. The summed E-state index contributed by atoms with van der Waals surface area (Å²) >= 11 is 13.3. The second-order valence-electron chi connectivity index (χ2n) is 6.16. The van der Waals surface area contributed by atoms with Crippen LogP contribution in [-0.4, -0.2) is 26.4 Å².